The van der Waals surface area contributed by atoms with Gasteiger partial charge in [0.25, 0.3) is 11.8 Å². The molecule has 0 saturated carbocycles. The minimum absolute atomic E-state index is 0.0486. The summed E-state index contributed by atoms with van der Waals surface area (Å²) in [6.45, 7) is 3.75. The molecule has 5 rings (SSSR count). The molecular weight excluding hydrogens is 443 g/mol. The largest absolute Gasteiger partial charge is 0.455 e. The Bertz CT molecular complexity index is 1410. The fraction of sp³-hybridized carbons (Fsp3) is 0.241. The summed E-state index contributed by atoms with van der Waals surface area (Å²) in [7, 11) is 1.57. The van der Waals surface area contributed by atoms with E-state index in [0.717, 1.165) is 37.1 Å². The first kappa shape index (κ1) is 22.8. The van der Waals surface area contributed by atoms with E-state index in [1.54, 1.807) is 19.2 Å². The first-order chi connectivity index (χ1) is 16.9. The van der Waals surface area contributed by atoms with Crippen molar-refractivity contribution in [2.45, 2.75) is 19.8 Å². The fourth-order valence-electron chi connectivity index (χ4n) is 4.82. The van der Waals surface area contributed by atoms with Crippen LogP contribution in [-0.2, 0) is 0 Å². The van der Waals surface area contributed by atoms with E-state index in [1.165, 1.54) is 12.1 Å². The van der Waals surface area contributed by atoms with Gasteiger partial charge in [0, 0.05) is 36.7 Å². The van der Waals surface area contributed by atoms with Crippen molar-refractivity contribution < 1.29 is 18.4 Å². The lowest BCUT2D eigenvalue weighted by molar-refractivity contribution is 0.0683. The minimum atomic E-state index is -0.359. The Morgan fingerprint density at radius 2 is 1.74 bits per heavy atom. The van der Waals surface area contributed by atoms with Crippen molar-refractivity contribution in [3.8, 4) is 22.5 Å². The van der Waals surface area contributed by atoms with Crippen molar-refractivity contribution in [1.82, 2.24) is 10.2 Å². The number of halogens is 1. The number of fused-ring (bicyclic) bond motifs is 1. The lowest BCUT2D eigenvalue weighted by atomic mass is 9.97. The summed E-state index contributed by atoms with van der Waals surface area (Å²) in [5, 5.41) is 3.34. The molecule has 6 heteroatoms. The average Bonchev–Trinajstić information content (AvgIpc) is 3.27. The van der Waals surface area contributed by atoms with Crippen molar-refractivity contribution in [2.24, 2.45) is 5.92 Å². The van der Waals surface area contributed by atoms with Gasteiger partial charge in [0.05, 0.1) is 5.56 Å². The van der Waals surface area contributed by atoms with E-state index in [0.29, 0.717) is 39.3 Å². The number of nitrogens with zero attached hydrogens (tertiary/aromatic N) is 1. The predicted octanol–water partition coefficient (Wildman–Crippen LogP) is 6.14. The molecule has 5 nitrogen and oxygen atoms in total. The fourth-order valence-corrected chi connectivity index (χ4v) is 4.82. The van der Waals surface area contributed by atoms with Crippen molar-refractivity contribution >= 4 is 22.8 Å². The zero-order chi connectivity index (χ0) is 24.5. The molecule has 178 valence electrons. The van der Waals surface area contributed by atoms with Gasteiger partial charge in [-0.2, -0.15) is 0 Å². The SMILES string of the molecule is CNC(=O)c1c(-c2ccc(F)cc2)oc2ccc(-c3cccc(C(=O)N4CCCC(C)C4)c3)cc12. The van der Waals surface area contributed by atoms with Gasteiger partial charge >= 0.3 is 0 Å². The Kier molecular flexibility index (Phi) is 6.12. The second-order valence-electron chi connectivity index (χ2n) is 9.18. The van der Waals surface area contributed by atoms with Crippen LogP contribution in [0.5, 0.6) is 0 Å². The standard InChI is InChI=1S/C29H27FN2O3/c1-18-5-4-14-32(17-18)29(34)22-7-3-6-20(15-22)21-10-13-25-24(16-21)26(28(33)31-2)27(35-25)19-8-11-23(30)12-9-19/h3,6-13,15-16,18H,4-5,14,17H2,1-2H3,(H,31,33). The van der Waals surface area contributed by atoms with Gasteiger partial charge in [0.2, 0.25) is 0 Å². The highest BCUT2D eigenvalue weighted by atomic mass is 19.1. The molecule has 0 spiro atoms. The number of hydrogen-bond acceptors (Lipinski definition) is 3. The third-order valence-corrected chi connectivity index (χ3v) is 6.64. The first-order valence-corrected chi connectivity index (χ1v) is 11.9. The third-order valence-electron chi connectivity index (χ3n) is 6.64. The van der Waals surface area contributed by atoms with Crippen LogP contribution in [0.2, 0.25) is 0 Å². The lowest BCUT2D eigenvalue weighted by Gasteiger charge is -2.31. The van der Waals surface area contributed by atoms with Gasteiger partial charge in [-0.05, 0) is 78.4 Å². The van der Waals surface area contributed by atoms with Crippen LogP contribution in [0.4, 0.5) is 4.39 Å². The number of piperidine rings is 1. The zero-order valence-electron chi connectivity index (χ0n) is 19.8. The number of carbonyl (C=O) groups excluding carboxylic acids is 2. The van der Waals surface area contributed by atoms with E-state index < -0.39 is 0 Å². The van der Waals surface area contributed by atoms with Crippen LogP contribution in [-0.4, -0.2) is 36.9 Å². The maximum absolute atomic E-state index is 13.5. The van der Waals surface area contributed by atoms with E-state index in [9.17, 15) is 14.0 Å². The molecule has 0 aliphatic carbocycles. The number of likely N-dealkylation sites (tertiary alicyclic amines) is 1. The normalized spacial score (nSPS) is 15.9. The van der Waals surface area contributed by atoms with Crippen LogP contribution in [0.25, 0.3) is 33.4 Å². The summed E-state index contributed by atoms with van der Waals surface area (Å²) in [6, 6.07) is 19.1. The topological polar surface area (TPSA) is 62.6 Å². The van der Waals surface area contributed by atoms with Crippen molar-refractivity contribution in [3.63, 3.8) is 0 Å². The number of benzene rings is 3. The maximum Gasteiger partial charge on any atom is 0.255 e. The minimum Gasteiger partial charge on any atom is -0.455 e. The van der Waals surface area contributed by atoms with Gasteiger partial charge in [-0.1, -0.05) is 25.1 Å². The quantitative estimate of drug-likeness (QED) is 0.390. The van der Waals surface area contributed by atoms with Crippen LogP contribution >= 0.6 is 0 Å². The Hall–Kier alpha value is -3.93. The smallest absolute Gasteiger partial charge is 0.255 e. The highest BCUT2D eigenvalue weighted by Gasteiger charge is 2.24. The Balaban J connectivity index is 1.55. The van der Waals surface area contributed by atoms with E-state index in [1.807, 2.05) is 47.4 Å². The highest BCUT2D eigenvalue weighted by molar-refractivity contribution is 6.11. The maximum atomic E-state index is 13.5. The van der Waals surface area contributed by atoms with E-state index in [2.05, 4.69) is 12.2 Å². The molecule has 2 amide bonds. The zero-order valence-corrected chi connectivity index (χ0v) is 19.8. The molecule has 1 atom stereocenters. The van der Waals surface area contributed by atoms with Gasteiger partial charge in [-0.25, -0.2) is 4.39 Å². The molecule has 1 aliphatic heterocycles. The molecule has 4 aromatic rings. The summed E-state index contributed by atoms with van der Waals surface area (Å²) in [5.74, 6) is 0.301. The molecule has 35 heavy (non-hydrogen) atoms. The number of hydrogen-bond donors (Lipinski definition) is 1. The van der Waals surface area contributed by atoms with Crippen LogP contribution in [0.1, 0.15) is 40.5 Å². The van der Waals surface area contributed by atoms with Gasteiger partial charge in [-0.3, -0.25) is 9.59 Å². The molecule has 0 radical (unpaired) electrons. The van der Waals surface area contributed by atoms with Crippen LogP contribution in [0.15, 0.2) is 71.1 Å². The summed E-state index contributed by atoms with van der Waals surface area (Å²) < 4.78 is 19.5. The molecule has 1 N–H and O–H groups in total. The number of rotatable bonds is 4. The summed E-state index contributed by atoms with van der Waals surface area (Å²) in [4.78, 5) is 27.9. The molecule has 1 saturated heterocycles. The average molecular weight is 471 g/mol. The molecule has 1 unspecified atom stereocenters. The van der Waals surface area contributed by atoms with Gasteiger partial charge in [0.15, 0.2) is 0 Å². The Morgan fingerprint density at radius 3 is 2.49 bits per heavy atom. The number of nitrogens with one attached hydrogen (secondary N) is 1. The summed E-state index contributed by atoms with van der Waals surface area (Å²) in [5.41, 5.74) is 3.98. The van der Waals surface area contributed by atoms with Gasteiger partial charge in [-0.15, -0.1) is 0 Å². The second-order valence-corrected chi connectivity index (χ2v) is 9.18. The van der Waals surface area contributed by atoms with E-state index in [4.69, 9.17) is 4.42 Å². The van der Waals surface area contributed by atoms with Crippen molar-refractivity contribution in [3.05, 3.63) is 83.7 Å². The highest BCUT2D eigenvalue weighted by Crippen LogP contribution is 2.36. The second kappa shape index (κ2) is 9.37. The number of furan rings is 1. The molecule has 1 fully saturated rings. The van der Waals surface area contributed by atoms with Crippen LogP contribution in [0, 0.1) is 11.7 Å². The number of amides is 2. The molecule has 3 aromatic carbocycles. The lowest BCUT2D eigenvalue weighted by Crippen LogP contribution is -2.39. The number of carbonyl (C=O) groups is 2. The molecular formula is C29H27FN2O3. The van der Waals surface area contributed by atoms with E-state index >= 15 is 0 Å². The van der Waals surface area contributed by atoms with Gasteiger partial charge in [0.1, 0.15) is 17.2 Å². The molecule has 1 aliphatic rings. The van der Waals surface area contributed by atoms with Crippen molar-refractivity contribution in [1.29, 1.82) is 0 Å². The first-order valence-electron chi connectivity index (χ1n) is 11.9. The molecule has 2 heterocycles. The van der Waals surface area contributed by atoms with Crippen LogP contribution in [0.3, 0.4) is 0 Å². The van der Waals surface area contributed by atoms with Crippen LogP contribution < -0.4 is 5.32 Å². The molecule has 0 bridgehead atoms. The molecule has 1 aromatic heterocycles. The van der Waals surface area contributed by atoms with Crippen molar-refractivity contribution in [2.75, 3.05) is 20.1 Å². The third kappa shape index (κ3) is 4.44. The monoisotopic (exact) mass is 470 g/mol. The summed E-state index contributed by atoms with van der Waals surface area (Å²) in [6.07, 6.45) is 2.19. The Labute approximate surface area is 203 Å². The van der Waals surface area contributed by atoms with Gasteiger partial charge < -0.3 is 14.6 Å². The van der Waals surface area contributed by atoms with E-state index in [-0.39, 0.29) is 17.6 Å². The Morgan fingerprint density at radius 1 is 1.00 bits per heavy atom. The summed E-state index contributed by atoms with van der Waals surface area (Å²) >= 11 is 0. The predicted molar refractivity (Wildman–Crippen MR) is 135 cm³/mol.